The number of rotatable bonds is 8. The zero-order valence-corrected chi connectivity index (χ0v) is 34.4. The fraction of sp³-hybridized carbons (Fsp3) is 0. The van der Waals surface area contributed by atoms with Crippen molar-refractivity contribution in [2.24, 2.45) is 0 Å². The van der Waals surface area contributed by atoms with Gasteiger partial charge in [-0.2, -0.15) is 0 Å². The van der Waals surface area contributed by atoms with E-state index in [-0.39, 0.29) is 0 Å². The third kappa shape index (κ3) is 6.38. The van der Waals surface area contributed by atoms with Gasteiger partial charge in [-0.1, -0.05) is 176 Å². The van der Waals surface area contributed by atoms with Crippen molar-refractivity contribution in [1.82, 2.24) is 4.57 Å². The Morgan fingerprint density at radius 2 is 0.841 bits per heavy atom. The minimum atomic E-state index is 0.901. The SMILES string of the molecule is c1ccc(-c2cccc(N(c3ccc(-c4cccc(-n5c6ccccc6c6ccccc65)c4)cc3)c3ccccc3-c3ccc(-c4cccc5oc6ccccc6c45)cc3)c2)cc1. The second-order valence-electron chi connectivity index (χ2n) is 16.1. The molecule has 0 unspecified atom stereocenters. The summed E-state index contributed by atoms with van der Waals surface area (Å²) < 4.78 is 8.63. The van der Waals surface area contributed by atoms with Gasteiger partial charge in [-0.15, -0.1) is 0 Å². The maximum Gasteiger partial charge on any atom is 0.136 e. The molecule has 0 fully saturated rings. The van der Waals surface area contributed by atoms with E-state index in [1.165, 1.54) is 32.9 Å². The van der Waals surface area contributed by atoms with E-state index in [1.807, 2.05) is 12.1 Å². The van der Waals surface area contributed by atoms with Crippen molar-refractivity contribution in [3.05, 3.63) is 243 Å². The number of anilines is 3. The lowest BCUT2D eigenvalue weighted by Crippen LogP contribution is -2.11. The van der Waals surface area contributed by atoms with Crippen molar-refractivity contribution in [1.29, 1.82) is 0 Å². The van der Waals surface area contributed by atoms with Gasteiger partial charge in [-0.3, -0.25) is 0 Å². The molecule has 2 aromatic heterocycles. The average molecular weight is 805 g/mol. The number of benzene rings is 10. The fourth-order valence-electron chi connectivity index (χ4n) is 9.47. The summed E-state index contributed by atoms with van der Waals surface area (Å²) >= 11 is 0. The van der Waals surface area contributed by atoms with Crippen molar-refractivity contribution in [2.75, 3.05) is 4.90 Å². The van der Waals surface area contributed by atoms with Crippen LogP contribution in [0, 0.1) is 0 Å². The van der Waals surface area contributed by atoms with E-state index >= 15 is 0 Å². The van der Waals surface area contributed by atoms with Crippen LogP contribution < -0.4 is 4.90 Å². The lowest BCUT2D eigenvalue weighted by Gasteiger charge is -2.28. The molecule has 12 aromatic rings. The standard InChI is InChI=1S/C60H40N2O/c1-2-15-41(16-3-1)45-17-12-19-48(39-45)61(47-37-35-42(36-38-47)46-18-13-20-49(40-46)62-56-27-9-5-22-52(56)53-23-6-10-28-57(53)62)55-26-8-4-21-50(55)43-31-33-44(34-32-43)51-25-14-30-59-60(51)54-24-7-11-29-58(54)63-59/h1-40H. The Hall–Kier alpha value is -8.40. The van der Waals surface area contributed by atoms with E-state index in [0.29, 0.717) is 0 Å². The smallest absolute Gasteiger partial charge is 0.136 e. The Morgan fingerprint density at radius 3 is 1.60 bits per heavy atom. The first kappa shape index (κ1) is 36.5. The van der Waals surface area contributed by atoms with Crippen molar-refractivity contribution < 1.29 is 4.42 Å². The summed E-state index contributed by atoms with van der Waals surface area (Å²) in [6.07, 6.45) is 0. The predicted molar refractivity (Wildman–Crippen MR) is 264 cm³/mol. The second-order valence-corrected chi connectivity index (χ2v) is 16.1. The fourth-order valence-corrected chi connectivity index (χ4v) is 9.47. The highest BCUT2D eigenvalue weighted by Crippen LogP contribution is 2.44. The molecule has 0 aliphatic heterocycles. The summed E-state index contributed by atoms with van der Waals surface area (Å²) in [7, 11) is 0. The lowest BCUT2D eigenvalue weighted by atomic mass is 9.96. The van der Waals surface area contributed by atoms with Crippen LogP contribution in [0.2, 0.25) is 0 Å². The first-order valence-electron chi connectivity index (χ1n) is 21.5. The van der Waals surface area contributed by atoms with Gasteiger partial charge in [0, 0.05) is 44.2 Å². The molecule has 0 saturated heterocycles. The van der Waals surface area contributed by atoms with Gasteiger partial charge in [-0.05, 0) is 106 Å². The average Bonchev–Trinajstić information content (AvgIpc) is 3.91. The monoisotopic (exact) mass is 804 g/mol. The van der Waals surface area contributed by atoms with Gasteiger partial charge >= 0.3 is 0 Å². The van der Waals surface area contributed by atoms with E-state index in [2.05, 4.69) is 240 Å². The molecule has 2 heterocycles. The molecule has 3 nitrogen and oxygen atoms in total. The molecule has 0 bridgehead atoms. The van der Waals surface area contributed by atoms with Crippen LogP contribution in [0.3, 0.4) is 0 Å². The summed E-state index contributed by atoms with van der Waals surface area (Å²) in [6.45, 7) is 0. The van der Waals surface area contributed by atoms with Crippen LogP contribution >= 0.6 is 0 Å². The van der Waals surface area contributed by atoms with Crippen molar-refractivity contribution in [2.45, 2.75) is 0 Å². The van der Waals surface area contributed by atoms with Gasteiger partial charge < -0.3 is 13.9 Å². The van der Waals surface area contributed by atoms with Gasteiger partial charge in [0.2, 0.25) is 0 Å². The summed E-state index contributed by atoms with van der Waals surface area (Å²) in [4.78, 5) is 2.40. The topological polar surface area (TPSA) is 21.3 Å². The molecule has 0 aliphatic carbocycles. The molecule has 10 aromatic carbocycles. The highest BCUT2D eigenvalue weighted by Gasteiger charge is 2.19. The van der Waals surface area contributed by atoms with Gasteiger partial charge in [0.05, 0.1) is 16.7 Å². The van der Waals surface area contributed by atoms with Crippen LogP contribution in [0.5, 0.6) is 0 Å². The molecule has 63 heavy (non-hydrogen) atoms. The summed E-state index contributed by atoms with van der Waals surface area (Å²) in [5.41, 5.74) is 17.9. The van der Waals surface area contributed by atoms with E-state index in [9.17, 15) is 0 Å². The number of aromatic nitrogens is 1. The summed E-state index contributed by atoms with van der Waals surface area (Å²) in [5, 5.41) is 4.80. The van der Waals surface area contributed by atoms with E-state index in [4.69, 9.17) is 4.42 Å². The lowest BCUT2D eigenvalue weighted by molar-refractivity contribution is 0.669. The minimum absolute atomic E-state index is 0.901. The third-order valence-electron chi connectivity index (χ3n) is 12.4. The largest absolute Gasteiger partial charge is 0.456 e. The van der Waals surface area contributed by atoms with Crippen molar-refractivity contribution in [3.63, 3.8) is 0 Å². The Morgan fingerprint density at radius 1 is 0.317 bits per heavy atom. The number of nitrogens with zero attached hydrogens (tertiary/aromatic N) is 2. The molecule has 0 spiro atoms. The molecule has 0 atom stereocenters. The molecular weight excluding hydrogens is 765 g/mol. The first-order chi connectivity index (χ1) is 31.2. The number of hydrogen-bond acceptors (Lipinski definition) is 2. The van der Waals surface area contributed by atoms with Crippen molar-refractivity contribution in [3.8, 4) is 50.2 Å². The molecule has 12 rings (SSSR count). The molecule has 0 N–H and O–H groups in total. The van der Waals surface area contributed by atoms with Crippen LogP contribution in [0.1, 0.15) is 0 Å². The first-order valence-corrected chi connectivity index (χ1v) is 21.5. The van der Waals surface area contributed by atoms with Crippen molar-refractivity contribution >= 4 is 60.8 Å². The number of fused-ring (bicyclic) bond motifs is 6. The minimum Gasteiger partial charge on any atom is -0.456 e. The highest BCUT2D eigenvalue weighted by atomic mass is 16.3. The van der Waals surface area contributed by atoms with Crippen LogP contribution in [-0.4, -0.2) is 4.57 Å². The maximum absolute atomic E-state index is 6.24. The van der Waals surface area contributed by atoms with Crippen LogP contribution in [0.25, 0.3) is 93.9 Å². The summed E-state index contributed by atoms with van der Waals surface area (Å²) in [5.74, 6) is 0. The van der Waals surface area contributed by atoms with Gasteiger partial charge in [0.1, 0.15) is 11.2 Å². The molecule has 0 amide bonds. The van der Waals surface area contributed by atoms with Crippen LogP contribution in [0.15, 0.2) is 247 Å². The molecule has 3 heteroatoms. The zero-order valence-electron chi connectivity index (χ0n) is 34.4. The third-order valence-corrected chi connectivity index (χ3v) is 12.4. The maximum atomic E-state index is 6.24. The molecule has 296 valence electrons. The Bertz CT molecular complexity index is 3560. The van der Waals surface area contributed by atoms with E-state index in [1.54, 1.807) is 0 Å². The predicted octanol–water partition coefficient (Wildman–Crippen LogP) is 16.8. The molecule has 0 saturated carbocycles. The van der Waals surface area contributed by atoms with Crippen LogP contribution in [0.4, 0.5) is 17.1 Å². The normalized spacial score (nSPS) is 11.5. The Kier molecular flexibility index (Phi) is 8.83. The molecular formula is C60H40N2O. The molecule has 0 aliphatic rings. The van der Waals surface area contributed by atoms with E-state index < -0.39 is 0 Å². The Balaban J connectivity index is 0.951. The number of hydrogen-bond donors (Lipinski definition) is 0. The molecule has 0 radical (unpaired) electrons. The van der Waals surface area contributed by atoms with Gasteiger partial charge in [0.25, 0.3) is 0 Å². The van der Waals surface area contributed by atoms with Gasteiger partial charge in [-0.25, -0.2) is 0 Å². The number of furan rings is 1. The second kappa shape index (κ2) is 15.3. The Labute approximate surface area is 366 Å². The zero-order chi connectivity index (χ0) is 41.7. The number of para-hydroxylation sites is 4. The summed E-state index contributed by atoms with van der Waals surface area (Å²) in [6, 6.07) is 87.1. The quantitative estimate of drug-likeness (QED) is 0.153. The highest BCUT2D eigenvalue weighted by molar-refractivity contribution is 6.12. The van der Waals surface area contributed by atoms with Crippen LogP contribution in [-0.2, 0) is 0 Å². The van der Waals surface area contributed by atoms with E-state index in [0.717, 1.165) is 78.1 Å². The van der Waals surface area contributed by atoms with Gasteiger partial charge in [0.15, 0.2) is 0 Å².